The Kier molecular flexibility index (Phi) is 5.29. The van der Waals surface area contributed by atoms with E-state index in [1.165, 1.54) is 19.2 Å². The lowest BCUT2D eigenvalue weighted by Crippen LogP contribution is -2.13. The Balaban J connectivity index is 1.28. The molecule has 1 saturated carbocycles. The van der Waals surface area contributed by atoms with E-state index >= 15 is 0 Å². The predicted octanol–water partition coefficient (Wildman–Crippen LogP) is 5.12. The molecule has 0 bridgehead atoms. The number of methoxy groups -OCH3 is 1. The average Bonchev–Trinajstić information content (AvgIpc) is 3.58. The number of carbonyl (C=O) groups excluding carboxylic acids is 1. The van der Waals surface area contributed by atoms with Crippen LogP contribution in [0, 0.1) is 11.7 Å². The van der Waals surface area contributed by atoms with Crippen molar-refractivity contribution in [1.29, 1.82) is 0 Å². The second-order valence-electron chi connectivity index (χ2n) is 9.41. The fraction of sp³-hybridized carbons (Fsp3) is 0.143. The SMILES string of the molecule is COc1cc(F)cc(-c2nccc3[nH]c(-c4n[nH]c5ccc(-c6cncc(NC(=O)C7CC7)c6)nc45)nc23)c1. The zero-order valence-corrected chi connectivity index (χ0v) is 20.7. The molecule has 6 aromatic rings. The van der Waals surface area contributed by atoms with Gasteiger partial charge in [-0.05, 0) is 49.2 Å². The first kappa shape index (κ1) is 23.0. The van der Waals surface area contributed by atoms with Crippen LogP contribution in [-0.2, 0) is 4.79 Å². The smallest absolute Gasteiger partial charge is 0.227 e. The van der Waals surface area contributed by atoms with Gasteiger partial charge in [0.05, 0.1) is 41.4 Å². The van der Waals surface area contributed by atoms with Crippen molar-refractivity contribution in [3.8, 4) is 39.8 Å². The molecule has 0 spiro atoms. The number of rotatable bonds is 6. The largest absolute Gasteiger partial charge is 0.497 e. The molecule has 7 rings (SSSR count). The molecule has 0 saturated heterocycles. The third-order valence-electron chi connectivity index (χ3n) is 6.66. The number of nitrogens with zero attached hydrogens (tertiary/aromatic N) is 5. The number of carbonyl (C=O) groups is 1. The molecule has 10 nitrogen and oxygen atoms in total. The lowest BCUT2D eigenvalue weighted by Gasteiger charge is -2.06. The van der Waals surface area contributed by atoms with Crippen molar-refractivity contribution in [2.75, 3.05) is 12.4 Å². The van der Waals surface area contributed by atoms with Crippen LogP contribution in [0.25, 0.3) is 56.1 Å². The Bertz CT molecular complexity index is 1890. The van der Waals surface area contributed by atoms with Gasteiger partial charge in [-0.2, -0.15) is 5.10 Å². The number of pyridine rings is 3. The van der Waals surface area contributed by atoms with Crippen molar-refractivity contribution in [1.82, 2.24) is 35.1 Å². The summed E-state index contributed by atoms with van der Waals surface area (Å²) >= 11 is 0. The average molecular weight is 521 g/mol. The number of anilines is 1. The molecule has 1 fully saturated rings. The Labute approximate surface area is 220 Å². The van der Waals surface area contributed by atoms with Gasteiger partial charge in [0.25, 0.3) is 0 Å². The van der Waals surface area contributed by atoms with Crippen LogP contribution in [0.2, 0.25) is 0 Å². The molecule has 1 amide bonds. The number of halogens is 1. The van der Waals surface area contributed by atoms with Crippen LogP contribution in [0.15, 0.2) is 61.1 Å². The molecule has 192 valence electrons. The van der Waals surface area contributed by atoms with Crippen LogP contribution in [-0.4, -0.2) is 48.1 Å². The number of hydrogen-bond acceptors (Lipinski definition) is 7. The van der Waals surface area contributed by atoms with Gasteiger partial charge >= 0.3 is 0 Å². The minimum atomic E-state index is -0.431. The van der Waals surface area contributed by atoms with Crippen molar-refractivity contribution in [3.63, 3.8) is 0 Å². The Morgan fingerprint density at radius 2 is 1.87 bits per heavy atom. The number of benzene rings is 1. The van der Waals surface area contributed by atoms with E-state index in [4.69, 9.17) is 14.7 Å². The number of imidazole rings is 1. The van der Waals surface area contributed by atoms with E-state index in [1.807, 2.05) is 18.2 Å². The van der Waals surface area contributed by atoms with Gasteiger partial charge in [-0.15, -0.1) is 0 Å². The zero-order chi connectivity index (χ0) is 26.5. The maximum absolute atomic E-state index is 14.2. The summed E-state index contributed by atoms with van der Waals surface area (Å²) in [6, 6.07) is 11.8. The number of ether oxygens (including phenoxy) is 1. The summed E-state index contributed by atoms with van der Waals surface area (Å²) in [4.78, 5) is 33.9. The fourth-order valence-electron chi connectivity index (χ4n) is 4.54. The summed E-state index contributed by atoms with van der Waals surface area (Å²) in [6.45, 7) is 0. The molecule has 0 atom stereocenters. The monoisotopic (exact) mass is 520 g/mol. The van der Waals surface area contributed by atoms with Gasteiger partial charge in [0.2, 0.25) is 5.91 Å². The van der Waals surface area contributed by atoms with Crippen LogP contribution in [0.4, 0.5) is 10.1 Å². The number of amides is 1. The first-order chi connectivity index (χ1) is 19.1. The van der Waals surface area contributed by atoms with Crippen molar-refractivity contribution in [2.24, 2.45) is 5.92 Å². The molecule has 0 unspecified atom stereocenters. The molecule has 1 aromatic carbocycles. The summed E-state index contributed by atoms with van der Waals surface area (Å²) < 4.78 is 19.4. The Morgan fingerprint density at radius 3 is 2.72 bits per heavy atom. The number of H-pyrrole nitrogens is 2. The summed E-state index contributed by atoms with van der Waals surface area (Å²) in [5.41, 5.74) is 6.27. The summed E-state index contributed by atoms with van der Waals surface area (Å²) in [5, 5.41) is 10.4. The van der Waals surface area contributed by atoms with Gasteiger partial charge in [-0.25, -0.2) is 14.4 Å². The molecular formula is C28H21FN8O2. The highest BCUT2D eigenvalue weighted by molar-refractivity contribution is 5.96. The molecule has 0 aliphatic heterocycles. The van der Waals surface area contributed by atoms with Gasteiger partial charge in [0.15, 0.2) is 11.5 Å². The molecule has 5 aromatic heterocycles. The van der Waals surface area contributed by atoms with Crippen LogP contribution >= 0.6 is 0 Å². The minimum absolute atomic E-state index is 0.0184. The van der Waals surface area contributed by atoms with E-state index in [-0.39, 0.29) is 11.8 Å². The third kappa shape index (κ3) is 4.23. The molecule has 39 heavy (non-hydrogen) atoms. The molecule has 3 N–H and O–H groups in total. The van der Waals surface area contributed by atoms with E-state index in [1.54, 1.807) is 30.7 Å². The fourth-order valence-corrected chi connectivity index (χ4v) is 4.54. The van der Waals surface area contributed by atoms with E-state index < -0.39 is 5.82 Å². The lowest BCUT2D eigenvalue weighted by atomic mass is 10.1. The van der Waals surface area contributed by atoms with Crippen molar-refractivity contribution >= 4 is 33.7 Å². The number of aromatic amines is 2. The number of nitrogens with one attached hydrogen (secondary N) is 3. The van der Waals surface area contributed by atoms with Gasteiger partial charge in [0.1, 0.15) is 22.6 Å². The van der Waals surface area contributed by atoms with Crippen molar-refractivity contribution in [3.05, 3.63) is 66.9 Å². The first-order valence-electron chi connectivity index (χ1n) is 12.4. The predicted molar refractivity (Wildman–Crippen MR) is 143 cm³/mol. The standard InChI is InChI=1S/C28H21FN8O2/c1-39-19-10-15(8-17(29)11-19)23-24-21(6-7-31-23)34-27(35-24)26-25-22(36-37-26)5-4-20(33-25)16-9-18(13-30-12-16)32-28(38)14-2-3-14/h4-14H,2-3H2,1H3,(H,32,38)(H,34,35)(H,36,37). The second kappa shape index (κ2) is 8.98. The van der Waals surface area contributed by atoms with Crippen molar-refractivity contribution in [2.45, 2.75) is 12.8 Å². The Hall–Kier alpha value is -5.19. The summed E-state index contributed by atoms with van der Waals surface area (Å²) in [7, 11) is 1.49. The minimum Gasteiger partial charge on any atom is -0.497 e. The van der Waals surface area contributed by atoms with Crippen molar-refractivity contribution < 1.29 is 13.9 Å². The summed E-state index contributed by atoms with van der Waals surface area (Å²) in [6.07, 6.45) is 6.82. The van der Waals surface area contributed by atoms with E-state index in [9.17, 15) is 9.18 Å². The molecule has 0 radical (unpaired) electrons. The second-order valence-corrected chi connectivity index (χ2v) is 9.41. The highest BCUT2D eigenvalue weighted by Crippen LogP contribution is 2.33. The van der Waals surface area contributed by atoms with Gasteiger partial charge < -0.3 is 15.0 Å². The summed E-state index contributed by atoms with van der Waals surface area (Å²) in [5.74, 6) is 0.561. The van der Waals surface area contributed by atoms with Crippen LogP contribution in [0.5, 0.6) is 5.75 Å². The highest BCUT2D eigenvalue weighted by Gasteiger charge is 2.29. The Morgan fingerprint density at radius 1 is 1.00 bits per heavy atom. The number of aromatic nitrogens is 7. The van der Waals surface area contributed by atoms with Crippen LogP contribution in [0.3, 0.4) is 0 Å². The third-order valence-corrected chi connectivity index (χ3v) is 6.66. The van der Waals surface area contributed by atoms with Gasteiger partial charge in [-0.3, -0.25) is 19.9 Å². The van der Waals surface area contributed by atoms with E-state index in [0.717, 1.165) is 23.9 Å². The molecule has 1 aliphatic rings. The molecular weight excluding hydrogens is 499 g/mol. The molecule has 11 heteroatoms. The van der Waals surface area contributed by atoms with E-state index in [2.05, 4.69) is 30.5 Å². The van der Waals surface area contributed by atoms with Gasteiger partial charge in [0, 0.05) is 35.5 Å². The first-order valence-corrected chi connectivity index (χ1v) is 12.4. The quantitative estimate of drug-likeness (QED) is 0.277. The van der Waals surface area contributed by atoms with Crippen LogP contribution < -0.4 is 10.1 Å². The van der Waals surface area contributed by atoms with E-state index in [0.29, 0.717) is 56.5 Å². The maximum atomic E-state index is 14.2. The maximum Gasteiger partial charge on any atom is 0.227 e. The number of hydrogen-bond donors (Lipinski definition) is 3. The lowest BCUT2D eigenvalue weighted by molar-refractivity contribution is -0.117. The number of fused-ring (bicyclic) bond motifs is 2. The molecule has 1 aliphatic carbocycles. The zero-order valence-electron chi connectivity index (χ0n) is 20.7. The van der Waals surface area contributed by atoms with Crippen LogP contribution in [0.1, 0.15) is 12.8 Å². The highest BCUT2D eigenvalue weighted by atomic mass is 19.1. The topological polar surface area (TPSA) is 134 Å². The normalized spacial score (nSPS) is 13.2. The molecule has 5 heterocycles. The van der Waals surface area contributed by atoms with Gasteiger partial charge in [-0.1, -0.05) is 0 Å².